The van der Waals surface area contributed by atoms with E-state index in [2.05, 4.69) is 5.32 Å². The molecule has 0 spiro atoms. The Labute approximate surface area is 129 Å². The monoisotopic (exact) mass is 321 g/mol. The minimum atomic E-state index is -1.04. The van der Waals surface area contributed by atoms with Crippen molar-refractivity contribution in [1.82, 2.24) is 5.32 Å². The van der Waals surface area contributed by atoms with Crippen LogP contribution in [0.2, 0.25) is 5.02 Å². The van der Waals surface area contributed by atoms with Gasteiger partial charge in [0.05, 0.1) is 0 Å². The van der Waals surface area contributed by atoms with E-state index in [0.29, 0.717) is 5.02 Å². The zero-order valence-corrected chi connectivity index (χ0v) is 13.3. The summed E-state index contributed by atoms with van der Waals surface area (Å²) in [5, 5.41) is 3.66. The summed E-state index contributed by atoms with van der Waals surface area (Å²) in [7, 11) is 0. The van der Waals surface area contributed by atoms with Crippen LogP contribution in [0.25, 0.3) is 0 Å². The van der Waals surface area contributed by atoms with Gasteiger partial charge in [0.1, 0.15) is 0 Å². The molecule has 2 nitrogen and oxygen atoms in total. The third-order valence-corrected chi connectivity index (χ3v) is 4.04. The van der Waals surface area contributed by atoms with Gasteiger partial charge < -0.3 is 5.32 Å². The van der Waals surface area contributed by atoms with E-state index in [1.54, 1.807) is 0 Å². The average Bonchev–Trinajstić information content (AvgIpc) is 2.40. The molecule has 0 bridgehead atoms. The molecule has 1 N–H and O–H groups in total. The molecule has 1 aromatic rings. The first-order valence-corrected chi connectivity index (χ1v) is 7.52. The van der Waals surface area contributed by atoms with Crippen LogP contribution in [-0.2, 0) is 11.2 Å². The van der Waals surface area contributed by atoms with Crippen LogP contribution >= 0.6 is 34.8 Å². The summed E-state index contributed by atoms with van der Waals surface area (Å²) >= 11 is 17.1. The quantitative estimate of drug-likeness (QED) is 0.775. The summed E-state index contributed by atoms with van der Waals surface area (Å²) in [6.45, 7) is 4.08. The first kappa shape index (κ1) is 16.6. The lowest BCUT2D eigenvalue weighted by Gasteiger charge is -2.33. The summed E-state index contributed by atoms with van der Waals surface area (Å²) in [4.78, 5) is 10.7. The van der Waals surface area contributed by atoms with Gasteiger partial charge in [0.2, 0.25) is 0 Å². The topological polar surface area (TPSA) is 29.1 Å². The number of hydrogen-bond donors (Lipinski definition) is 1. The molecule has 0 fully saturated rings. The molecule has 106 valence electrons. The van der Waals surface area contributed by atoms with Crippen molar-refractivity contribution < 1.29 is 4.79 Å². The van der Waals surface area contributed by atoms with Crippen molar-refractivity contribution >= 4 is 40.7 Å². The highest BCUT2D eigenvalue weighted by Crippen LogP contribution is 2.23. The van der Waals surface area contributed by atoms with Gasteiger partial charge in [-0.1, -0.05) is 60.8 Å². The number of carbonyl (C=O) groups is 1. The molecule has 1 rings (SSSR count). The third-order valence-electron chi connectivity index (χ3n) is 3.40. The van der Waals surface area contributed by atoms with Crippen LogP contribution < -0.4 is 5.32 Å². The zero-order valence-electron chi connectivity index (χ0n) is 11.1. The molecule has 0 unspecified atom stereocenters. The Morgan fingerprint density at radius 1 is 1.21 bits per heavy atom. The molecule has 19 heavy (non-hydrogen) atoms. The minimum Gasteiger partial charge on any atom is -0.348 e. The molecule has 1 aromatic carbocycles. The maximum atomic E-state index is 11.7. The molecule has 0 aromatic heterocycles. The number of nitrogens with one attached hydrogen (secondary N) is 1. The second kappa shape index (κ2) is 7.37. The Morgan fingerprint density at radius 2 is 1.74 bits per heavy atom. The van der Waals surface area contributed by atoms with Crippen LogP contribution in [0.3, 0.4) is 0 Å². The first-order chi connectivity index (χ1) is 8.92. The van der Waals surface area contributed by atoms with Gasteiger partial charge in [-0.25, -0.2) is 0 Å². The van der Waals surface area contributed by atoms with Crippen LogP contribution in [0.5, 0.6) is 0 Å². The smallest absolute Gasteiger partial charge is 0.253 e. The molecule has 0 heterocycles. The fourth-order valence-electron chi connectivity index (χ4n) is 2.03. The maximum Gasteiger partial charge on any atom is 0.253 e. The Kier molecular flexibility index (Phi) is 6.45. The molecule has 0 saturated heterocycles. The normalized spacial score (nSPS) is 11.7. The molecule has 1 amide bonds. The first-order valence-electron chi connectivity index (χ1n) is 6.27. The zero-order chi connectivity index (χ0) is 14.5. The van der Waals surface area contributed by atoms with E-state index in [-0.39, 0.29) is 11.4 Å². The van der Waals surface area contributed by atoms with Gasteiger partial charge in [0.25, 0.3) is 5.91 Å². The SMILES string of the molecule is CCC(CC)(Cc1ccc(Cl)cc1)NC(=O)C(Cl)Cl. The Hall–Kier alpha value is -0.440. The predicted octanol–water partition coefficient (Wildman–Crippen LogP) is 4.36. The van der Waals surface area contributed by atoms with Gasteiger partial charge in [-0.15, -0.1) is 0 Å². The van der Waals surface area contributed by atoms with Crippen molar-refractivity contribution in [2.24, 2.45) is 0 Å². The van der Waals surface area contributed by atoms with Crippen molar-refractivity contribution in [3.63, 3.8) is 0 Å². The number of benzene rings is 1. The van der Waals surface area contributed by atoms with Gasteiger partial charge >= 0.3 is 0 Å². The van der Waals surface area contributed by atoms with E-state index in [1.807, 2.05) is 38.1 Å². The van der Waals surface area contributed by atoms with E-state index < -0.39 is 4.84 Å². The Balaban J connectivity index is 2.86. The van der Waals surface area contributed by atoms with E-state index >= 15 is 0 Å². The van der Waals surface area contributed by atoms with Crippen molar-refractivity contribution in [2.75, 3.05) is 0 Å². The second-order valence-electron chi connectivity index (χ2n) is 4.58. The Bertz CT molecular complexity index is 413. The van der Waals surface area contributed by atoms with Gasteiger partial charge in [-0.3, -0.25) is 4.79 Å². The summed E-state index contributed by atoms with van der Waals surface area (Å²) < 4.78 is 0. The highest BCUT2D eigenvalue weighted by atomic mass is 35.5. The Morgan fingerprint density at radius 3 is 2.16 bits per heavy atom. The lowest BCUT2D eigenvalue weighted by molar-refractivity contribution is -0.121. The average molecular weight is 323 g/mol. The van der Waals surface area contributed by atoms with Gasteiger partial charge in [-0.2, -0.15) is 0 Å². The lowest BCUT2D eigenvalue weighted by atomic mass is 9.85. The number of halogens is 3. The molecular formula is C14H18Cl3NO. The van der Waals surface area contributed by atoms with E-state index in [1.165, 1.54) is 0 Å². The third kappa shape index (κ3) is 4.87. The van der Waals surface area contributed by atoms with Crippen molar-refractivity contribution in [3.05, 3.63) is 34.9 Å². The van der Waals surface area contributed by atoms with Crippen molar-refractivity contribution in [2.45, 2.75) is 43.5 Å². The molecule has 0 aliphatic rings. The molecular weight excluding hydrogens is 305 g/mol. The maximum absolute atomic E-state index is 11.7. The summed E-state index contributed by atoms with van der Waals surface area (Å²) in [5.41, 5.74) is 0.793. The lowest BCUT2D eigenvalue weighted by Crippen LogP contribution is -2.51. The van der Waals surface area contributed by atoms with Gasteiger partial charge in [-0.05, 0) is 37.0 Å². The van der Waals surface area contributed by atoms with Crippen LogP contribution in [0.15, 0.2) is 24.3 Å². The highest BCUT2D eigenvalue weighted by molar-refractivity contribution is 6.53. The van der Waals surface area contributed by atoms with Gasteiger partial charge in [0, 0.05) is 10.6 Å². The standard InChI is InChI=1S/C14H18Cl3NO/c1-3-14(4-2,18-13(19)12(16)17)9-10-5-7-11(15)8-6-10/h5-8,12H,3-4,9H2,1-2H3,(H,18,19). The number of rotatable bonds is 6. The van der Waals surface area contributed by atoms with Crippen LogP contribution in [0, 0.1) is 0 Å². The second-order valence-corrected chi connectivity index (χ2v) is 6.11. The van der Waals surface area contributed by atoms with Gasteiger partial charge in [0.15, 0.2) is 4.84 Å². The largest absolute Gasteiger partial charge is 0.348 e. The summed E-state index contributed by atoms with van der Waals surface area (Å²) in [6, 6.07) is 7.63. The number of hydrogen-bond acceptors (Lipinski definition) is 1. The van der Waals surface area contributed by atoms with E-state index in [4.69, 9.17) is 34.8 Å². The number of alkyl halides is 2. The minimum absolute atomic E-state index is 0.326. The fourth-order valence-corrected chi connectivity index (χ4v) is 2.26. The summed E-state index contributed by atoms with van der Waals surface area (Å²) in [6.07, 6.45) is 2.33. The van der Waals surface area contributed by atoms with E-state index in [0.717, 1.165) is 24.8 Å². The highest BCUT2D eigenvalue weighted by Gasteiger charge is 2.30. The van der Waals surface area contributed by atoms with Crippen LogP contribution in [0.1, 0.15) is 32.3 Å². The predicted molar refractivity (Wildman–Crippen MR) is 82.1 cm³/mol. The molecule has 5 heteroatoms. The molecule has 0 atom stereocenters. The molecule has 0 aliphatic carbocycles. The molecule has 0 aliphatic heterocycles. The van der Waals surface area contributed by atoms with Crippen molar-refractivity contribution in [1.29, 1.82) is 0 Å². The van der Waals surface area contributed by atoms with Crippen LogP contribution in [-0.4, -0.2) is 16.3 Å². The molecule has 0 saturated carbocycles. The number of carbonyl (C=O) groups excluding carboxylic acids is 1. The van der Waals surface area contributed by atoms with E-state index in [9.17, 15) is 4.79 Å². The van der Waals surface area contributed by atoms with Crippen molar-refractivity contribution in [3.8, 4) is 0 Å². The number of amides is 1. The summed E-state index contributed by atoms with van der Waals surface area (Å²) in [5.74, 6) is -0.346. The molecule has 0 radical (unpaired) electrons. The fraction of sp³-hybridized carbons (Fsp3) is 0.500. The van der Waals surface area contributed by atoms with Crippen LogP contribution in [0.4, 0.5) is 0 Å².